The monoisotopic (exact) mass is 450 g/mol. The van der Waals surface area contributed by atoms with Gasteiger partial charge in [0.2, 0.25) is 15.9 Å². The maximum atomic E-state index is 13.2. The molecular weight excluding hydrogens is 420 g/mol. The summed E-state index contributed by atoms with van der Waals surface area (Å²) in [6.45, 7) is 7.77. The topological polar surface area (TPSA) is 96.1 Å². The minimum absolute atomic E-state index is 0.104. The van der Waals surface area contributed by atoms with Crippen LogP contribution in [0.5, 0.6) is 0 Å². The standard InChI is InChI=1S/C21H30N4O5S/c1-15-10-16(2)13-24(12-15)31(28,29)17-4-5-18-19(11-17)30-21(27)25(18)14-20(26)23-8-6-22(3)7-9-23/h4-5,11,15-16H,6-10,12-14H2,1-3H3. The third kappa shape index (κ3) is 4.42. The molecule has 2 atom stereocenters. The molecule has 1 amide bonds. The molecule has 0 saturated carbocycles. The highest BCUT2D eigenvalue weighted by atomic mass is 32.2. The molecule has 0 bridgehead atoms. The lowest BCUT2D eigenvalue weighted by molar-refractivity contribution is -0.133. The third-order valence-corrected chi connectivity index (χ3v) is 8.09. The smallest absolute Gasteiger partial charge is 0.408 e. The van der Waals surface area contributed by atoms with Crippen molar-refractivity contribution < 1.29 is 17.6 Å². The molecule has 0 radical (unpaired) electrons. The van der Waals surface area contributed by atoms with E-state index in [0.717, 1.165) is 19.5 Å². The van der Waals surface area contributed by atoms with E-state index >= 15 is 0 Å². The van der Waals surface area contributed by atoms with Crippen molar-refractivity contribution in [2.24, 2.45) is 11.8 Å². The minimum atomic E-state index is -3.69. The number of likely N-dealkylation sites (N-methyl/N-ethyl adjacent to an activating group) is 1. The average molecular weight is 451 g/mol. The molecule has 170 valence electrons. The van der Waals surface area contributed by atoms with Crippen molar-refractivity contribution >= 4 is 27.0 Å². The number of aromatic nitrogens is 1. The van der Waals surface area contributed by atoms with Crippen molar-refractivity contribution in [1.29, 1.82) is 0 Å². The first-order chi connectivity index (χ1) is 14.6. The number of oxazole rings is 1. The van der Waals surface area contributed by atoms with Gasteiger partial charge in [-0.3, -0.25) is 9.36 Å². The molecular formula is C21H30N4O5S. The summed E-state index contributed by atoms with van der Waals surface area (Å²) in [4.78, 5) is 29.1. The first-order valence-electron chi connectivity index (χ1n) is 10.7. The van der Waals surface area contributed by atoms with Crippen LogP contribution in [0.4, 0.5) is 0 Å². The van der Waals surface area contributed by atoms with Crippen molar-refractivity contribution in [1.82, 2.24) is 18.7 Å². The molecule has 2 fully saturated rings. The summed E-state index contributed by atoms with van der Waals surface area (Å²) in [6, 6.07) is 4.45. The average Bonchev–Trinajstić information content (AvgIpc) is 3.02. The molecule has 0 aliphatic carbocycles. The Morgan fingerprint density at radius 2 is 1.74 bits per heavy atom. The van der Waals surface area contributed by atoms with E-state index in [1.165, 1.54) is 21.0 Å². The molecule has 2 aromatic rings. The van der Waals surface area contributed by atoms with Crippen LogP contribution in [0.2, 0.25) is 0 Å². The number of rotatable bonds is 4. The number of benzene rings is 1. The quantitative estimate of drug-likeness (QED) is 0.691. The number of piperidine rings is 1. The number of hydrogen-bond acceptors (Lipinski definition) is 6. The van der Waals surface area contributed by atoms with Crippen LogP contribution in [-0.2, 0) is 21.4 Å². The Bertz CT molecular complexity index is 1120. The van der Waals surface area contributed by atoms with E-state index < -0.39 is 15.8 Å². The Kier molecular flexibility index (Phi) is 5.97. The van der Waals surface area contributed by atoms with Crippen LogP contribution < -0.4 is 5.76 Å². The van der Waals surface area contributed by atoms with Crippen LogP contribution in [0.15, 0.2) is 32.3 Å². The van der Waals surface area contributed by atoms with Gasteiger partial charge in [-0.25, -0.2) is 13.2 Å². The van der Waals surface area contributed by atoms with E-state index in [-0.39, 0.29) is 22.9 Å². The maximum Gasteiger partial charge on any atom is 0.420 e. The van der Waals surface area contributed by atoms with Crippen molar-refractivity contribution in [3.63, 3.8) is 0 Å². The highest BCUT2D eigenvalue weighted by Gasteiger charge is 2.32. The zero-order valence-electron chi connectivity index (χ0n) is 18.3. The van der Waals surface area contributed by atoms with Gasteiger partial charge in [-0.05, 0) is 37.4 Å². The molecule has 1 aromatic heterocycles. The Balaban J connectivity index is 1.58. The highest BCUT2D eigenvalue weighted by Crippen LogP contribution is 2.28. The lowest BCUT2D eigenvalue weighted by atomic mass is 9.94. The van der Waals surface area contributed by atoms with E-state index in [9.17, 15) is 18.0 Å². The first-order valence-corrected chi connectivity index (χ1v) is 12.2. The summed E-state index contributed by atoms with van der Waals surface area (Å²) in [6.07, 6.45) is 1.00. The highest BCUT2D eigenvalue weighted by molar-refractivity contribution is 7.89. The zero-order chi connectivity index (χ0) is 22.3. The molecule has 31 heavy (non-hydrogen) atoms. The van der Waals surface area contributed by atoms with Gasteiger partial charge < -0.3 is 14.2 Å². The van der Waals surface area contributed by atoms with Gasteiger partial charge in [0.15, 0.2) is 5.58 Å². The van der Waals surface area contributed by atoms with Crippen molar-refractivity contribution in [3.8, 4) is 0 Å². The summed E-state index contributed by atoms with van der Waals surface area (Å²) < 4.78 is 34.4. The predicted octanol–water partition coefficient (Wildman–Crippen LogP) is 1.04. The molecule has 2 saturated heterocycles. The van der Waals surface area contributed by atoms with Gasteiger partial charge in [0.05, 0.1) is 10.4 Å². The van der Waals surface area contributed by atoms with Crippen LogP contribution in [0.1, 0.15) is 20.3 Å². The van der Waals surface area contributed by atoms with Crippen LogP contribution in [0, 0.1) is 11.8 Å². The van der Waals surface area contributed by atoms with Crippen LogP contribution in [-0.4, -0.2) is 79.3 Å². The van der Waals surface area contributed by atoms with Crippen LogP contribution in [0.3, 0.4) is 0 Å². The predicted molar refractivity (Wildman–Crippen MR) is 116 cm³/mol. The number of piperazine rings is 1. The molecule has 3 heterocycles. The Labute approximate surface area is 182 Å². The van der Waals surface area contributed by atoms with Gasteiger partial charge in [0.25, 0.3) is 0 Å². The second-order valence-electron chi connectivity index (χ2n) is 9.04. The molecule has 9 nitrogen and oxygen atoms in total. The molecule has 2 unspecified atom stereocenters. The lowest BCUT2D eigenvalue weighted by Gasteiger charge is -2.34. The Morgan fingerprint density at radius 3 is 2.39 bits per heavy atom. The van der Waals surface area contributed by atoms with E-state index in [0.29, 0.717) is 43.5 Å². The lowest BCUT2D eigenvalue weighted by Crippen LogP contribution is -2.48. The molecule has 2 aliphatic rings. The molecule has 2 aliphatic heterocycles. The summed E-state index contributed by atoms with van der Waals surface area (Å²) in [7, 11) is -1.68. The molecule has 4 rings (SSSR count). The van der Waals surface area contributed by atoms with Crippen molar-refractivity contribution in [3.05, 3.63) is 28.7 Å². The number of fused-ring (bicyclic) bond motifs is 1. The molecule has 0 N–H and O–H groups in total. The molecule has 10 heteroatoms. The Hall–Kier alpha value is -2.17. The number of nitrogens with zero attached hydrogens (tertiary/aromatic N) is 4. The van der Waals surface area contributed by atoms with Gasteiger partial charge in [0, 0.05) is 45.3 Å². The number of amides is 1. The summed E-state index contributed by atoms with van der Waals surface area (Å²) >= 11 is 0. The summed E-state index contributed by atoms with van der Waals surface area (Å²) in [5.41, 5.74) is 0.599. The van der Waals surface area contributed by atoms with Gasteiger partial charge in [-0.15, -0.1) is 0 Å². The van der Waals surface area contributed by atoms with Gasteiger partial charge in [-0.1, -0.05) is 13.8 Å². The second-order valence-corrected chi connectivity index (χ2v) is 11.0. The van der Waals surface area contributed by atoms with Gasteiger partial charge in [-0.2, -0.15) is 4.31 Å². The molecule has 1 aromatic carbocycles. The van der Waals surface area contributed by atoms with Crippen LogP contribution in [0.25, 0.3) is 11.1 Å². The van der Waals surface area contributed by atoms with E-state index in [2.05, 4.69) is 18.7 Å². The van der Waals surface area contributed by atoms with Crippen molar-refractivity contribution in [2.45, 2.75) is 31.7 Å². The van der Waals surface area contributed by atoms with E-state index in [1.807, 2.05) is 7.05 Å². The maximum absolute atomic E-state index is 13.2. The fourth-order valence-corrected chi connectivity index (χ4v) is 6.29. The Morgan fingerprint density at radius 1 is 1.10 bits per heavy atom. The van der Waals surface area contributed by atoms with E-state index in [1.54, 1.807) is 11.0 Å². The zero-order valence-corrected chi connectivity index (χ0v) is 19.1. The van der Waals surface area contributed by atoms with Crippen molar-refractivity contribution in [2.75, 3.05) is 46.3 Å². The van der Waals surface area contributed by atoms with Gasteiger partial charge in [0.1, 0.15) is 6.54 Å². The fourth-order valence-electron chi connectivity index (χ4n) is 4.60. The van der Waals surface area contributed by atoms with Crippen LogP contribution >= 0.6 is 0 Å². The normalized spacial score (nSPS) is 24.0. The summed E-state index contributed by atoms with van der Waals surface area (Å²) in [5, 5.41) is 0. The molecule has 0 spiro atoms. The fraction of sp³-hybridized carbons (Fsp3) is 0.619. The minimum Gasteiger partial charge on any atom is -0.408 e. The number of carbonyl (C=O) groups is 1. The number of hydrogen-bond donors (Lipinski definition) is 0. The number of carbonyl (C=O) groups excluding carboxylic acids is 1. The SMILES string of the molecule is CC1CC(C)CN(S(=O)(=O)c2ccc3c(c2)oc(=O)n3CC(=O)N2CCN(C)CC2)C1. The van der Waals surface area contributed by atoms with E-state index in [4.69, 9.17) is 4.42 Å². The number of sulfonamides is 1. The van der Waals surface area contributed by atoms with Gasteiger partial charge >= 0.3 is 5.76 Å². The summed E-state index contributed by atoms with van der Waals surface area (Å²) in [5.74, 6) is -0.221. The second kappa shape index (κ2) is 8.40. The first kappa shape index (κ1) is 22.0. The largest absolute Gasteiger partial charge is 0.420 e. The third-order valence-electron chi connectivity index (χ3n) is 6.26.